The van der Waals surface area contributed by atoms with Crippen molar-refractivity contribution in [2.45, 2.75) is 62.3 Å². The van der Waals surface area contributed by atoms with E-state index in [2.05, 4.69) is 0 Å². The molecule has 0 aromatic heterocycles. The van der Waals surface area contributed by atoms with E-state index in [0.717, 1.165) is 0 Å². The predicted octanol–water partition coefficient (Wildman–Crippen LogP) is 0.961. The van der Waals surface area contributed by atoms with Gasteiger partial charge in [-0.3, -0.25) is 43.2 Å². The van der Waals surface area contributed by atoms with Crippen molar-refractivity contribution in [1.82, 2.24) is 0 Å². The number of hydrogen-bond donors (Lipinski definition) is 0. The van der Waals surface area contributed by atoms with Crippen molar-refractivity contribution in [2.75, 3.05) is 0 Å². The van der Waals surface area contributed by atoms with E-state index in [1.54, 1.807) is 0 Å². The Hall–Kier alpha value is -2.44. The number of rotatable bonds is 9. The van der Waals surface area contributed by atoms with Gasteiger partial charge in [-0.05, 0) is 20.8 Å². The molecule has 0 atom stereocenters. The van der Waals surface area contributed by atoms with Crippen LogP contribution in [0.4, 0.5) is 0 Å². The summed E-state index contributed by atoms with van der Waals surface area (Å²) in [4.78, 5) is 85.2. The number of Topliss-reactive ketones (excluding diaryl/α,β-unsaturated/α-hetero) is 3. The molecule has 9 nitrogen and oxygen atoms in total. The Morgan fingerprint density at radius 2 is 0.484 bits per heavy atom. The average molecular weight is 485 g/mol. The Kier molecular flexibility index (Phi) is 20.0. The second kappa shape index (κ2) is 17.3. The maximum Gasteiger partial charge on any atom is 0.313 e. The molecule has 0 spiro atoms. The normalized spacial score (nSPS) is 11.9. The summed E-state index contributed by atoms with van der Waals surface area (Å²) in [5.74, 6) is -3.54. The van der Waals surface area contributed by atoms with Crippen LogP contribution < -0.4 is 0 Å². The van der Waals surface area contributed by atoms with E-state index in [9.17, 15) is 14.4 Å². The molecule has 6 N–H and O–H groups in total. The van der Waals surface area contributed by atoms with Crippen LogP contribution >= 0.6 is 0 Å². The zero-order chi connectivity index (χ0) is 24.9. The summed E-state index contributed by atoms with van der Waals surface area (Å²) in [6.07, 6.45) is 0. The summed E-state index contributed by atoms with van der Waals surface area (Å²) in [5, 5.41) is 0. The van der Waals surface area contributed by atoms with Crippen LogP contribution in [-0.4, -0.2) is 80.8 Å². The van der Waals surface area contributed by atoms with Gasteiger partial charge in [0.25, 0.3) is 0 Å². The number of ketones is 9. The Morgan fingerprint density at radius 1 is 0.387 bits per heavy atom. The molecule has 0 heterocycles. The van der Waals surface area contributed by atoms with Gasteiger partial charge in [-0.25, -0.2) is 0 Å². The largest absolute Gasteiger partial charge is 0.313 e. The van der Waals surface area contributed by atoms with E-state index in [0.29, 0.717) is 0 Å². The topological polar surface area (TPSA) is 180 Å². The van der Waals surface area contributed by atoms with E-state index >= 15 is 0 Å². The maximum absolute atomic E-state index is 10.7. The molecule has 0 amide bonds. The minimum atomic E-state index is -0.806. The van der Waals surface area contributed by atoms with Crippen molar-refractivity contribution < 1.29 is 60.5 Å². The molecule has 0 saturated heterocycles. The SMILES string of the molecule is CC(=O)C(C(C)=[OH+])C(C)=[OH+].CC(=O)C(C(C)=[OH+])C(C)=[OH+].CC(=O)C(C(C)=[OH+])C(C)=[OH+].[Cr]. The fourth-order valence-corrected chi connectivity index (χ4v) is 2.67. The van der Waals surface area contributed by atoms with Crippen molar-refractivity contribution in [2.24, 2.45) is 17.8 Å². The number of carbonyl (C=O) groups is 3. The summed E-state index contributed by atoms with van der Waals surface area (Å²) >= 11 is 0. The zero-order valence-electron chi connectivity index (χ0n) is 19.5. The third-order valence-electron chi connectivity index (χ3n) is 3.73. The van der Waals surface area contributed by atoms with Gasteiger partial charge in [0.1, 0.15) is 0 Å². The van der Waals surface area contributed by atoms with Gasteiger partial charge in [-0.2, -0.15) is 0 Å². The van der Waals surface area contributed by atoms with Gasteiger partial charge >= 0.3 is 34.7 Å². The molecule has 0 radical (unpaired) electrons. The molecule has 0 aliphatic heterocycles. The summed E-state index contributed by atoms with van der Waals surface area (Å²) in [7, 11) is 0. The van der Waals surface area contributed by atoms with Crippen molar-refractivity contribution in [1.29, 1.82) is 0 Å². The monoisotopic (exact) mass is 484 g/mol. The summed E-state index contributed by atoms with van der Waals surface area (Å²) < 4.78 is 0. The van der Waals surface area contributed by atoms with Gasteiger partial charge in [-0.1, -0.05) is 0 Å². The van der Waals surface area contributed by atoms with E-state index in [1.807, 2.05) is 0 Å². The van der Waals surface area contributed by atoms with Crippen LogP contribution in [0.2, 0.25) is 0 Å². The average Bonchev–Trinajstić information content (AvgIpc) is 2.43. The molecule has 0 aliphatic carbocycles. The molecule has 10 heteroatoms. The van der Waals surface area contributed by atoms with Gasteiger partial charge in [0.05, 0.1) is 0 Å². The smallest absolute Gasteiger partial charge is 0.298 e. The third-order valence-corrected chi connectivity index (χ3v) is 3.73. The van der Waals surface area contributed by atoms with Gasteiger partial charge in [0, 0.05) is 58.9 Å². The number of carbonyl (C=O) groups excluding carboxylic acids is 9. The molecule has 0 aromatic carbocycles. The molecular formula is C21H36CrO9+6. The van der Waals surface area contributed by atoms with Crippen molar-refractivity contribution in [3.05, 3.63) is 0 Å². The van der Waals surface area contributed by atoms with Crippen LogP contribution in [0, 0.1) is 17.8 Å². The quantitative estimate of drug-likeness (QED) is 0.350. The number of hydrogen-bond acceptors (Lipinski definition) is 3. The molecule has 174 valence electrons. The third kappa shape index (κ3) is 16.0. The first-order valence-corrected chi connectivity index (χ1v) is 9.05. The Balaban J connectivity index is -0.000000174. The summed E-state index contributed by atoms with van der Waals surface area (Å²) in [6.45, 7) is 12.3. The fraction of sp³-hybridized carbons (Fsp3) is 0.571. The first kappa shape index (κ1) is 36.0. The van der Waals surface area contributed by atoms with Crippen LogP contribution in [0.5, 0.6) is 0 Å². The van der Waals surface area contributed by atoms with E-state index < -0.39 is 17.8 Å². The van der Waals surface area contributed by atoms with Crippen LogP contribution in [0.1, 0.15) is 62.3 Å². The summed E-state index contributed by atoms with van der Waals surface area (Å²) in [5.41, 5.74) is 0. The molecule has 0 bridgehead atoms. The van der Waals surface area contributed by atoms with Crippen molar-refractivity contribution >= 4 is 52.0 Å². The summed E-state index contributed by atoms with van der Waals surface area (Å²) in [6, 6.07) is 0. The minimum Gasteiger partial charge on any atom is -0.298 e. The Labute approximate surface area is 192 Å². The molecule has 0 rings (SSSR count). The van der Waals surface area contributed by atoms with Gasteiger partial charge in [0.15, 0.2) is 17.3 Å². The van der Waals surface area contributed by atoms with Crippen molar-refractivity contribution in [3.63, 3.8) is 0 Å². The molecule has 0 saturated carbocycles. The molecule has 31 heavy (non-hydrogen) atoms. The van der Waals surface area contributed by atoms with Crippen LogP contribution in [0.3, 0.4) is 0 Å². The standard InChI is InChI=1S/3C7H10O3.Cr/c3*1-4(8)7(5(2)9)6(3)10;/h3*7H,1-3H3;/p+6. The Bertz CT molecular complexity index is 550. The van der Waals surface area contributed by atoms with Crippen LogP contribution in [-0.2, 0) is 31.7 Å². The predicted molar refractivity (Wildman–Crippen MR) is 118 cm³/mol. The second-order valence-corrected chi connectivity index (χ2v) is 6.98. The van der Waals surface area contributed by atoms with Gasteiger partial charge in [-0.15, -0.1) is 0 Å². The van der Waals surface area contributed by atoms with Gasteiger partial charge < -0.3 is 0 Å². The molecule has 0 aromatic rings. The van der Waals surface area contributed by atoms with Crippen LogP contribution in [0.25, 0.3) is 0 Å². The van der Waals surface area contributed by atoms with E-state index in [-0.39, 0.29) is 69.4 Å². The van der Waals surface area contributed by atoms with E-state index in [4.69, 9.17) is 28.8 Å². The Morgan fingerprint density at radius 3 is 0.484 bits per heavy atom. The minimum absolute atomic E-state index is 0. The first-order chi connectivity index (χ1) is 13.4. The molecule has 0 aliphatic rings. The van der Waals surface area contributed by atoms with E-state index in [1.165, 1.54) is 62.3 Å². The molecule has 0 fully saturated rings. The van der Waals surface area contributed by atoms with Crippen molar-refractivity contribution in [3.8, 4) is 0 Å². The van der Waals surface area contributed by atoms with Gasteiger partial charge in [0.2, 0.25) is 17.8 Å². The fourth-order valence-electron chi connectivity index (χ4n) is 2.67. The second-order valence-electron chi connectivity index (χ2n) is 6.98. The first-order valence-electron chi connectivity index (χ1n) is 9.05. The molecular weight excluding hydrogens is 448 g/mol. The van der Waals surface area contributed by atoms with Crippen LogP contribution in [0.15, 0.2) is 0 Å². The zero-order valence-corrected chi connectivity index (χ0v) is 20.8. The molecule has 0 unspecified atom stereocenters. The maximum atomic E-state index is 10.7.